The zero-order valence-electron chi connectivity index (χ0n) is 15.7. The van der Waals surface area contributed by atoms with Crippen molar-refractivity contribution in [2.24, 2.45) is 0 Å². The molecule has 27 heavy (non-hydrogen) atoms. The highest BCUT2D eigenvalue weighted by Gasteiger charge is 2.21. The zero-order chi connectivity index (χ0) is 18.8. The number of fused-ring (bicyclic) bond motifs is 1. The van der Waals surface area contributed by atoms with Gasteiger partial charge in [0.05, 0.1) is 19.2 Å². The van der Waals surface area contributed by atoms with Crippen LogP contribution in [0.3, 0.4) is 0 Å². The number of benzene rings is 1. The topological polar surface area (TPSA) is 50.1 Å². The van der Waals surface area contributed by atoms with Gasteiger partial charge in [0.25, 0.3) is 0 Å². The van der Waals surface area contributed by atoms with Crippen LogP contribution in [0, 0.1) is 0 Å². The molecule has 1 saturated heterocycles. The Morgan fingerprint density at radius 3 is 2.59 bits per heavy atom. The summed E-state index contributed by atoms with van der Waals surface area (Å²) in [5, 5.41) is 2.04. The summed E-state index contributed by atoms with van der Waals surface area (Å²) in [6.07, 6.45) is 2.44. The summed E-state index contributed by atoms with van der Waals surface area (Å²) in [5.74, 6) is 1.03. The number of carbonyl (C=O) groups is 1. The molecule has 0 spiro atoms. The third-order valence-corrected chi connectivity index (χ3v) is 6.06. The van der Waals surface area contributed by atoms with Gasteiger partial charge < -0.3 is 14.5 Å². The van der Waals surface area contributed by atoms with Gasteiger partial charge in [-0.1, -0.05) is 6.92 Å². The second-order valence-corrected chi connectivity index (χ2v) is 7.56. The second kappa shape index (κ2) is 7.70. The second-order valence-electron chi connectivity index (χ2n) is 6.73. The van der Waals surface area contributed by atoms with Crippen LogP contribution >= 0.6 is 11.3 Å². The maximum absolute atomic E-state index is 12.7. The van der Waals surface area contributed by atoms with Crippen LogP contribution in [0.15, 0.2) is 35.8 Å². The molecule has 4 rings (SSSR count). The molecule has 0 bridgehead atoms. The molecule has 0 unspecified atom stereocenters. The van der Waals surface area contributed by atoms with Gasteiger partial charge in [-0.2, -0.15) is 0 Å². The number of hydrogen-bond donors (Lipinski definition) is 0. The lowest BCUT2D eigenvalue weighted by molar-refractivity contribution is -0.132. The molecule has 2 aromatic heterocycles. The summed E-state index contributed by atoms with van der Waals surface area (Å²) in [6, 6.07) is 7.87. The molecule has 1 aliphatic rings. The number of hydrogen-bond acceptors (Lipinski definition) is 5. The summed E-state index contributed by atoms with van der Waals surface area (Å²) in [6.45, 7) is 6.79. The summed E-state index contributed by atoms with van der Waals surface area (Å²) in [4.78, 5) is 22.7. The Hall–Kier alpha value is -2.38. The van der Waals surface area contributed by atoms with Crippen LogP contribution in [0.4, 0.5) is 0 Å². The molecule has 3 heterocycles. The molecule has 1 aromatic carbocycles. The molecule has 1 aliphatic heterocycles. The van der Waals surface area contributed by atoms with Gasteiger partial charge in [0.15, 0.2) is 4.96 Å². The van der Waals surface area contributed by atoms with Crippen molar-refractivity contribution >= 4 is 22.2 Å². The average molecular weight is 385 g/mol. The minimum absolute atomic E-state index is 0.199. The number of nitrogens with zero attached hydrogens (tertiary/aromatic N) is 4. The van der Waals surface area contributed by atoms with Crippen molar-refractivity contribution in [3.63, 3.8) is 0 Å². The predicted molar refractivity (Wildman–Crippen MR) is 107 cm³/mol. The molecular formula is C20H24N4O2S. The maximum Gasteiger partial charge on any atom is 0.228 e. The van der Waals surface area contributed by atoms with Crippen molar-refractivity contribution in [1.29, 1.82) is 0 Å². The van der Waals surface area contributed by atoms with E-state index in [0.717, 1.165) is 60.4 Å². The van der Waals surface area contributed by atoms with E-state index in [-0.39, 0.29) is 5.91 Å². The Labute approximate surface area is 163 Å². The molecule has 6 nitrogen and oxygen atoms in total. The molecule has 0 N–H and O–H groups in total. The third-order valence-electron chi connectivity index (χ3n) is 5.17. The van der Waals surface area contributed by atoms with Crippen molar-refractivity contribution < 1.29 is 9.53 Å². The van der Waals surface area contributed by atoms with Crippen molar-refractivity contribution in [2.45, 2.75) is 13.3 Å². The number of likely N-dealkylation sites (N-methyl/N-ethyl adjacent to an activating group) is 1. The largest absolute Gasteiger partial charge is 0.497 e. The standard InChI is InChI=1S/C20H24N4O2S/c1-3-22-8-10-23(11-9-22)19(25)12-16-14-27-20-21-18(13-24(16)20)15-4-6-17(26-2)7-5-15/h4-7,13-14H,3,8-12H2,1-2H3. The summed E-state index contributed by atoms with van der Waals surface area (Å²) < 4.78 is 7.26. The third kappa shape index (κ3) is 3.70. The fourth-order valence-corrected chi connectivity index (χ4v) is 4.31. The molecule has 0 radical (unpaired) electrons. The van der Waals surface area contributed by atoms with Crippen LogP contribution in [0.5, 0.6) is 5.75 Å². The average Bonchev–Trinajstić information content (AvgIpc) is 3.30. The fourth-order valence-electron chi connectivity index (χ4n) is 3.44. The van der Waals surface area contributed by atoms with Crippen molar-refractivity contribution in [2.75, 3.05) is 39.8 Å². The number of ether oxygens (including phenoxy) is 1. The highest BCUT2D eigenvalue weighted by atomic mass is 32.1. The molecule has 0 saturated carbocycles. The first-order chi connectivity index (χ1) is 13.2. The van der Waals surface area contributed by atoms with Gasteiger partial charge in [0.2, 0.25) is 5.91 Å². The molecular weight excluding hydrogens is 360 g/mol. The summed E-state index contributed by atoms with van der Waals surface area (Å²) >= 11 is 1.58. The number of imidazole rings is 1. The molecule has 1 fully saturated rings. The molecule has 142 valence electrons. The maximum atomic E-state index is 12.7. The van der Waals surface area contributed by atoms with Crippen LogP contribution in [0.25, 0.3) is 16.2 Å². The Kier molecular flexibility index (Phi) is 5.13. The monoisotopic (exact) mass is 384 g/mol. The molecule has 0 aliphatic carbocycles. The van der Waals surface area contributed by atoms with Crippen molar-refractivity contribution in [1.82, 2.24) is 19.2 Å². The lowest BCUT2D eigenvalue weighted by Crippen LogP contribution is -2.48. The van der Waals surface area contributed by atoms with Crippen molar-refractivity contribution in [3.05, 3.63) is 41.5 Å². The van der Waals surface area contributed by atoms with Gasteiger partial charge in [-0.25, -0.2) is 4.98 Å². The number of rotatable bonds is 5. The predicted octanol–water partition coefficient (Wildman–Crippen LogP) is 2.78. The smallest absolute Gasteiger partial charge is 0.228 e. The van der Waals surface area contributed by atoms with E-state index >= 15 is 0 Å². The van der Waals surface area contributed by atoms with E-state index in [0.29, 0.717) is 6.42 Å². The Morgan fingerprint density at radius 2 is 1.93 bits per heavy atom. The summed E-state index contributed by atoms with van der Waals surface area (Å²) in [7, 11) is 1.66. The van der Waals surface area contributed by atoms with E-state index in [2.05, 4.69) is 11.8 Å². The number of methoxy groups -OCH3 is 1. The molecule has 1 amide bonds. The van der Waals surface area contributed by atoms with Crippen LogP contribution < -0.4 is 4.74 Å². The van der Waals surface area contributed by atoms with Crippen LogP contribution in [0.1, 0.15) is 12.6 Å². The fraction of sp³-hybridized carbons (Fsp3) is 0.400. The lowest BCUT2D eigenvalue weighted by atomic mass is 10.1. The normalized spacial score (nSPS) is 15.4. The SMILES string of the molecule is CCN1CCN(C(=O)Cc2csc3nc(-c4ccc(OC)cc4)cn23)CC1. The highest BCUT2D eigenvalue weighted by Crippen LogP contribution is 2.25. The number of piperazine rings is 1. The minimum Gasteiger partial charge on any atom is -0.497 e. The number of aromatic nitrogens is 2. The van der Waals surface area contributed by atoms with Gasteiger partial charge in [0, 0.05) is 49.0 Å². The first-order valence-corrected chi connectivity index (χ1v) is 10.2. The van der Waals surface area contributed by atoms with Crippen molar-refractivity contribution in [3.8, 4) is 17.0 Å². The van der Waals surface area contributed by atoms with E-state index in [1.165, 1.54) is 0 Å². The van der Waals surface area contributed by atoms with E-state index < -0.39 is 0 Å². The molecule has 3 aromatic rings. The highest BCUT2D eigenvalue weighted by molar-refractivity contribution is 7.15. The zero-order valence-corrected chi connectivity index (χ0v) is 16.5. The van der Waals surface area contributed by atoms with E-state index in [4.69, 9.17) is 9.72 Å². The van der Waals surface area contributed by atoms with Crippen LogP contribution in [-0.4, -0.2) is 64.9 Å². The molecule has 7 heteroatoms. The summed E-state index contributed by atoms with van der Waals surface area (Å²) in [5.41, 5.74) is 2.96. The van der Waals surface area contributed by atoms with Crippen LogP contribution in [-0.2, 0) is 11.2 Å². The van der Waals surface area contributed by atoms with Gasteiger partial charge in [0.1, 0.15) is 5.75 Å². The van der Waals surface area contributed by atoms with Gasteiger partial charge >= 0.3 is 0 Å². The first-order valence-electron chi connectivity index (χ1n) is 9.28. The number of carbonyl (C=O) groups excluding carboxylic acids is 1. The van der Waals surface area contributed by atoms with Gasteiger partial charge in [-0.3, -0.25) is 9.20 Å². The van der Waals surface area contributed by atoms with Gasteiger partial charge in [-0.15, -0.1) is 11.3 Å². The van der Waals surface area contributed by atoms with Crippen LogP contribution in [0.2, 0.25) is 0 Å². The lowest BCUT2D eigenvalue weighted by Gasteiger charge is -2.34. The Morgan fingerprint density at radius 1 is 1.19 bits per heavy atom. The first kappa shape index (κ1) is 18.0. The van der Waals surface area contributed by atoms with E-state index in [9.17, 15) is 4.79 Å². The Bertz CT molecular complexity index is 923. The Balaban J connectivity index is 1.49. The minimum atomic E-state index is 0.199. The quantitative estimate of drug-likeness (QED) is 0.679. The number of amides is 1. The van der Waals surface area contributed by atoms with Gasteiger partial charge in [-0.05, 0) is 30.8 Å². The number of thiazole rings is 1. The van der Waals surface area contributed by atoms with E-state index in [1.807, 2.05) is 45.1 Å². The molecule has 0 atom stereocenters. The van der Waals surface area contributed by atoms with E-state index in [1.54, 1.807) is 18.4 Å².